The molecule has 2 aliphatic rings. The van der Waals surface area contributed by atoms with Crippen molar-refractivity contribution in [3.05, 3.63) is 81.6 Å². The Hall–Kier alpha value is -2.93. The number of hydrogen-bond donors (Lipinski definition) is 2. The smallest absolute Gasteiger partial charge is 0.270 e. The van der Waals surface area contributed by atoms with Gasteiger partial charge >= 0.3 is 0 Å². The van der Waals surface area contributed by atoms with Gasteiger partial charge in [0.15, 0.2) is 0 Å². The molecule has 2 heterocycles. The molecular formula is C25H27N3O3S. The molecule has 32 heavy (non-hydrogen) atoms. The first-order chi connectivity index (χ1) is 15.7. The van der Waals surface area contributed by atoms with Gasteiger partial charge < -0.3 is 10.1 Å². The maximum absolute atomic E-state index is 13.0. The minimum absolute atomic E-state index is 0.0647. The highest BCUT2D eigenvalue weighted by molar-refractivity contribution is 8.00. The molecule has 0 radical (unpaired) electrons. The summed E-state index contributed by atoms with van der Waals surface area (Å²) in [6.07, 6.45) is 5.58. The Morgan fingerprint density at radius 1 is 0.969 bits per heavy atom. The second-order valence-electron chi connectivity index (χ2n) is 8.45. The number of amides is 1. The Kier molecular flexibility index (Phi) is 6.08. The van der Waals surface area contributed by atoms with Crippen molar-refractivity contribution < 1.29 is 9.53 Å². The number of ether oxygens (including phenoxy) is 1. The van der Waals surface area contributed by atoms with Crippen molar-refractivity contribution in [1.29, 1.82) is 0 Å². The van der Waals surface area contributed by atoms with Gasteiger partial charge in [-0.05, 0) is 36.1 Å². The molecule has 1 fully saturated rings. The zero-order valence-electron chi connectivity index (χ0n) is 17.9. The molecule has 1 atom stereocenters. The van der Waals surface area contributed by atoms with E-state index in [4.69, 9.17) is 4.74 Å². The summed E-state index contributed by atoms with van der Waals surface area (Å²) >= 11 is 1.49. The van der Waals surface area contributed by atoms with Gasteiger partial charge in [-0.25, -0.2) is 0 Å². The topological polar surface area (TPSA) is 76.1 Å². The van der Waals surface area contributed by atoms with Gasteiger partial charge in [-0.15, -0.1) is 11.8 Å². The third-order valence-electron chi connectivity index (χ3n) is 6.23. The number of aromatic amines is 1. The predicted molar refractivity (Wildman–Crippen MR) is 127 cm³/mol. The van der Waals surface area contributed by atoms with Crippen LogP contribution in [-0.2, 0) is 11.4 Å². The quantitative estimate of drug-likeness (QED) is 0.572. The summed E-state index contributed by atoms with van der Waals surface area (Å²) in [5.41, 5.74) is 2.63. The molecule has 0 saturated heterocycles. The fraction of sp³-hybridized carbons (Fsp3) is 0.360. The number of aromatic nitrogens is 2. The number of rotatable bonds is 5. The Morgan fingerprint density at radius 2 is 1.72 bits per heavy atom. The highest BCUT2D eigenvalue weighted by Crippen LogP contribution is 2.42. The van der Waals surface area contributed by atoms with E-state index < -0.39 is 0 Å². The zero-order chi connectivity index (χ0) is 21.9. The number of nitrogens with one attached hydrogen (secondary N) is 2. The van der Waals surface area contributed by atoms with Crippen LogP contribution >= 0.6 is 11.8 Å². The van der Waals surface area contributed by atoms with Crippen molar-refractivity contribution in [2.24, 2.45) is 0 Å². The molecule has 1 aromatic heterocycles. The van der Waals surface area contributed by atoms with Crippen LogP contribution in [0.2, 0.25) is 0 Å². The number of thioether (sulfide) groups is 1. The predicted octanol–water partition coefficient (Wildman–Crippen LogP) is 5.04. The van der Waals surface area contributed by atoms with Crippen LogP contribution in [0.4, 0.5) is 5.82 Å². The first-order valence-corrected chi connectivity index (χ1v) is 12.3. The third-order valence-corrected chi connectivity index (χ3v) is 7.50. The molecule has 2 N–H and O–H groups in total. The highest BCUT2D eigenvalue weighted by atomic mass is 32.2. The largest absolute Gasteiger partial charge is 0.489 e. The van der Waals surface area contributed by atoms with Gasteiger partial charge in [0, 0.05) is 0 Å². The number of hydrogen-bond acceptors (Lipinski definition) is 4. The minimum Gasteiger partial charge on any atom is -0.489 e. The number of anilines is 1. The van der Waals surface area contributed by atoms with Crippen LogP contribution in [0.25, 0.3) is 0 Å². The van der Waals surface area contributed by atoms with Gasteiger partial charge in [-0.2, -0.15) is 0 Å². The Balaban J connectivity index is 1.41. The summed E-state index contributed by atoms with van der Waals surface area (Å²) in [6.45, 7) is 0.505. The first kappa shape index (κ1) is 20.9. The second kappa shape index (κ2) is 9.28. The molecule has 166 valence electrons. The maximum atomic E-state index is 13.0. The van der Waals surface area contributed by atoms with E-state index >= 15 is 0 Å². The van der Waals surface area contributed by atoms with Gasteiger partial charge in [-0.3, -0.25) is 19.4 Å². The molecule has 1 saturated carbocycles. The van der Waals surface area contributed by atoms with E-state index in [1.807, 2.05) is 59.3 Å². The number of carbonyl (C=O) groups is 1. The number of benzene rings is 2. The number of nitrogens with zero attached hydrogens (tertiary/aromatic N) is 1. The van der Waals surface area contributed by atoms with Crippen LogP contribution in [0.3, 0.4) is 0 Å². The van der Waals surface area contributed by atoms with E-state index in [1.165, 1.54) is 18.2 Å². The number of fused-ring (bicyclic) bond motifs is 1. The maximum Gasteiger partial charge on any atom is 0.270 e. The summed E-state index contributed by atoms with van der Waals surface area (Å²) in [5, 5.41) is 5.83. The first-order valence-electron chi connectivity index (χ1n) is 11.2. The van der Waals surface area contributed by atoms with E-state index in [2.05, 4.69) is 10.4 Å². The molecule has 0 spiro atoms. The van der Waals surface area contributed by atoms with Crippen molar-refractivity contribution in [3.8, 4) is 5.75 Å². The molecule has 5 rings (SSSR count). The lowest BCUT2D eigenvalue weighted by molar-refractivity contribution is -0.113. The van der Waals surface area contributed by atoms with E-state index in [0.29, 0.717) is 23.7 Å². The van der Waals surface area contributed by atoms with E-state index in [1.54, 1.807) is 0 Å². The standard InChI is InChI=1S/C25H27N3O3S/c29-21-16-32-23(18-11-13-20(14-12-18)31-15-17-7-3-1-4-8-17)22-24(26-21)28(27-25(22)30)19-9-5-2-6-10-19/h1,3-4,7-8,11-14,19,23H,2,5-6,9-10,15-16H2,(H,26,29)(H,27,30)/t23-/m1/s1. The molecule has 0 bridgehead atoms. The highest BCUT2D eigenvalue weighted by Gasteiger charge is 2.32. The molecule has 7 heteroatoms. The molecular weight excluding hydrogens is 422 g/mol. The van der Waals surface area contributed by atoms with E-state index in [9.17, 15) is 9.59 Å². The zero-order valence-corrected chi connectivity index (χ0v) is 18.7. The average molecular weight is 450 g/mol. The van der Waals surface area contributed by atoms with Crippen LogP contribution < -0.4 is 15.6 Å². The van der Waals surface area contributed by atoms with Crippen LogP contribution in [0.5, 0.6) is 5.75 Å². The van der Waals surface area contributed by atoms with E-state index in [-0.39, 0.29) is 22.8 Å². The van der Waals surface area contributed by atoms with Crippen LogP contribution in [0.1, 0.15) is 60.1 Å². The van der Waals surface area contributed by atoms with Gasteiger partial charge in [0.25, 0.3) is 5.56 Å². The average Bonchev–Trinajstić information content (AvgIpc) is 3.04. The van der Waals surface area contributed by atoms with Crippen molar-refractivity contribution in [1.82, 2.24) is 9.78 Å². The SMILES string of the molecule is O=C1CS[C@H](c2ccc(OCc3ccccc3)cc2)c2c(n(C3CCCCC3)[nH]c2=O)N1. The minimum atomic E-state index is -0.208. The summed E-state index contributed by atoms with van der Waals surface area (Å²) in [6, 6.07) is 18.1. The van der Waals surface area contributed by atoms with Crippen molar-refractivity contribution >= 4 is 23.5 Å². The fourth-order valence-corrected chi connectivity index (χ4v) is 5.73. The Labute approximate surface area is 191 Å². The van der Waals surface area contributed by atoms with Gasteiger partial charge in [0.05, 0.1) is 22.6 Å². The lowest BCUT2D eigenvalue weighted by Crippen LogP contribution is -2.21. The van der Waals surface area contributed by atoms with Gasteiger partial charge in [0.1, 0.15) is 18.2 Å². The van der Waals surface area contributed by atoms with Crippen molar-refractivity contribution in [2.45, 2.75) is 50.0 Å². The Morgan fingerprint density at radius 3 is 2.47 bits per heavy atom. The summed E-state index contributed by atoms with van der Waals surface area (Å²) in [4.78, 5) is 25.5. The molecule has 0 unspecified atom stereocenters. The molecule has 1 amide bonds. The summed E-state index contributed by atoms with van der Waals surface area (Å²) in [5.74, 6) is 1.67. The number of carbonyl (C=O) groups excluding carboxylic acids is 1. The molecule has 1 aliphatic carbocycles. The second-order valence-corrected chi connectivity index (χ2v) is 9.54. The molecule has 6 nitrogen and oxygen atoms in total. The van der Waals surface area contributed by atoms with Crippen LogP contribution in [0, 0.1) is 0 Å². The monoisotopic (exact) mass is 449 g/mol. The van der Waals surface area contributed by atoms with Crippen molar-refractivity contribution in [3.63, 3.8) is 0 Å². The summed E-state index contributed by atoms with van der Waals surface area (Å²) in [7, 11) is 0. The molecule has 2 aromatic carbocycles. The van der Waals surface area contributed by atoms with Crippen LogP contribution in [0.15, 0.2) is 59.4 Å². The lowest BCUT2D eigenvalue weighted by Gasteiger charge is -2.24. The summed E-state index contributed by atoms with van der Waals surface area (Å²) < 4.78 is 7.83. The lowest BCUT2D eigenvalue weighted by atomic mass is 9.95. The Bertz CT molecular complexity index is 1130. The van der Waals surface area contributed by atoms with Gasteiger partial charge in [0.2, 0.25) is 5.91 Å². The number of H-pyrrole nitrogens is 1. The van der Waals surface area contributed by atoms with E-state index in [0.717, 1.165) is 42.6 Å². The molecule has 1 aliphatic heterocycles. The fourth-order valence-electron chi connectivity index (χ4n) is 4.60. The normalized spacial score (nSPS) is 19.1. The third kappa shape index (κ3) is 4.35. The van der Waals surface area contributed by atoms with Gasteiger partial charge in [-0.1, -0.05) is 61.7 Å². The molecule has 3 aromatic rings. The van der Waals surface area contributed by atoms with Crippen molar-refractivity contribution in [2.75, 3.05) is 11.1 Å². The van der Waals surface area contributed by atoms with Crippen LogP contribution in [-0.4, -0.2) is 21.4 Å².